The van der Waals surface area contributed by atoms with Gasteiger partial charge in [-0.2, -0.15) is 0 Å². The molecule has 4 nitrogen and oxygen atoms in total. The lowest BCUT2D eigenvalue weighted by molar-refractivity contribution is -0.121. The van der Waals surface area contributed by atoms with Crippen molar-refractivity contribution in [3.8, 4) is 5.75 Å². The lowest BCUT2D eigenvalue weighted by Crippen LogP contribution is -2.48. The van der Waals surface area contributed by atoms with E-state index < -0.39 is 0 Å². The van der Waals surface area contributed by atoms with Gasteiger partial charge in [-0.15, -0.1) is 0 Å². The molecule has 0 aliphatic carbocycles. The van der Waals surface area contributed by atoms with Crippen molar-refractivity contribution in [3.63, 3.8) is 0 Å². The highest BCUT2D eigenvalue weighted by Crippen LogP contribution is 2.22. The van der Waals surface area contributed by atoms with Crippen LogP contribution in [0, 0.1) is 11.8 Å². The molecule has 4 heteroatoms. The fraction of sp³-hybridized carbons (Fsp3) is 0.562. The van der Waals surface area contributed by atoms with Gasteiger partial charge in [0.15, 0.2) is 0 Å². The smallest absolute Gasteiger partial charge is 0.227 e. The third kappa shape index (κ3) is 3.97. The number of ether oxygens (including phenoxy) is 1. The van der Waals surface area contributed by atoms with Crippen LogP contribution in [0.4, 0.5) is 5.69 Å². The van der Waals surface area contributed by atoms with E-state index in [1.807, 2.05) is 52.0 Å². The minimum Gasteiger partial charge on any atom is -0.488 e. The zero-order chi connectivity index (χ0) is 14.8. The second-order valence-electron chi connectivity index (χ2n) is 6.44. The molecule has 110 valence electrons. The van der Waals surface area contributed by atoms with Crippen LogP contribution in [0.3, 0.4) is 0 Å². The molecule has 0 aromatic heterocycles. The van der Waals surface area contributed by atoms with Gasteiger partial charge in [-0.25, -0.2) is 0 Å². The van der Waals surface area contributed by atoms with Crippen molar-refractivity contribution in [1.82, 2.24) is 5.32 Å². The lowest BCUT2D eigenvalue weighted by Gasteiger charge is -2.31. The Hall–Kier alpha value is -1.55. The summed E-state index contributed by atoms with van der Waals surface area (Å²) in [6.45, 7) is 9.89. The minimum atomic E-state index is -0.212. The number of hydrogen-bond donors (Lipinski definition) is 2. The van der Waals surface area contributed by atoms with Gasteiger partial charge in [-0.3, -0.25) is 4.79 Å². The number of anilines is 1. The normalized spacial score (nSPS) is 17.2. The maximum atomic E-state index is 12.1. The van der Waals surface area contributed by atoms with E-state index in [2.05, 4.69) is 10.6 Å². The first-order valence-electron chi connectivity index (χ1n) is 7.16. The maximum Gasteiger partial charge on any atom is 0.227 e. The molecule has 1 amide bonds. The molecule has 2 rings (SSSR count). The molecule has 1 aromatic carbocycles. The number of rotatable bonds is 4. The fourth-order valence-corrected chi connectivity index (χ4v) is 2.09. The summed E-state index contributed by atoms with van der Waals surface area (Å²) in [6.07, 6.45) is 0. The summed E-state index contributed by atoms with van der Waals surface area (Å²) in [5.74, 6) is 1.40. The molecule has 1 heterocycles. The van der Waals surface area contributed by atoms with Crippen molar-refractivity contribution in [2.75, 3.05) is 18.4 Å². The first-order valence-corrected chi connectivity index (χ1v) is 7.16. The van der Waals surface area contributed by atoms with Gasteiger partial charge in [-0.1, -0.05) is 6.92 Å². The Kier molecular flexibility index (Phi) is 4.33. The summed E-state index contributed by atoms with van der Waals surface area (Å²) in [6, 6.07) is 7.53. The third-order valence-electron chi connectivity index (χ3n) is 3.48. The van der Waals surface area contributed by atoms with E-state index in [-0.39, 0.29) is 17.4 Å². The maximum absolute atomic E-state index is 12.1. The second-order valence-corrected chi connectivity index (χ2v) is 6.44. The van der Waals surface area contributed by atoms with E-state index in [0.717, 1.165) is 24.5 Å². The molecule has 1 unspecified atom stereocenters. The van der Waals surface area contributed by atoms with Crippen LogP contribution >= 0.6 is 0 Å². The van der Waals surface area contributed by atoms with Crippen LogP contribution in [0.15, 0.2) is 24.3 Å². The van der Waals surface area contributed by atoms with Gasteiger partial charge in [0, 0.05) is 11.6 Å². The first-order chi connectivity index (χ1) is 9.35. The Morgan fingerprint density at radius 2 is 1.90 bits per heavy atom. The highest BCUT2D eigenvalue weighted by Gasteiger charge is 2.28. The zero-order valence-electron chi connectivity index (χ0n) is 12.7. The summed E-state index contributed by atoms with van der Waals surface area (Å²) in [5.41, 5.74) is 0.603. The molecule has 1 aliphatic heterocycles. The van der Waals surface area contributed by atoms with Gasteiger partial charge in [-0.05, 0) is 64.0 Å². The molecule has 1 aromatic rings. The lowest BCUT2D eigenvalue weighted by atomic mass is 9.88. The van der Waals surface area contributed by atoms with Crippen LogP contribution in [0.5, 0.6) is 5.75 Å². The molecule has 0 spiro atoms. The highest BCUT2D eigenvalue weighted by molar-refractivity contribution is 5.92. The van der Waals surface area contributed by atoms with Crippen LogP contribution in [-0.2, 0) is 4.79 Å². The van der Waals surface area contributed by atoms with E-state index in [1.54, 1.807) is 0 Å². The number of carbonyl (C=O) groups excluding carboxylic acids is 1. The number of nitrogens with one attached hydrogen (secondary N) is 2. The van der Waals surface area contributed by atoms with Gasteiger partial charge in [0.05, 0.1) is 0 Å². The molecule has 1 fully saturated rings. The molecule has 1 saturated heterocycles. The van der Waals surface area contributed by atoms with Crippen LogP contribution in [0.25, 0.3) is 0 Å². The minimum absolute atomic E-state index is 0.0433. The van der Waals surface area contributed by atoms with Crippen LogP contribution in [0.1, 0.15) is 27.7 Å². The van der Waals surface area contributed by atoms with Crippen molar-refractivity contribution in [2.24, 2.45) is 11.8 Å². The number of benzene rings is 1. The molecule has 0 saturated carbocycles. The first kappa shape index (κ1) is 14.9. The average Bonchev–Trinajstić information content (AvgIpc) is 2.27. The van der Waals surface area contributed by atoms with Crippen LogP contribution in [-0.4, -0.2) is 24.6 Å². The molecular weight excluding hydrogens is 252 g/mol. The SMILES string of the molecule is CC(C(=O)Nc1ccc(OC(C)(C)C)cc1)C1CNC1. The summed E-state index contributed by atoms with van der Waals surface area (Å²) < 4.78 is 5.75. The van der Waals surface area contributed by atoms with Gasteiger partial charge < -0.3 is 15.4 Å². The van der Waals surface area contributed by atoms with Crippen molar-refractivity contribution in [3.05, 3.63) is 24.3 Å². The molecule has 0 radical (unpaired) electrons. The van der Waals surface area contributed by atoms with E-state index >= 15 is 0 Å². The van der Waals surface area contributed by atoms with Crippen molar-refractivity contribution in [2.45, 2.75) is 33.3 Å². The van der Waals surface area contributed by atoms with Gasteiger partial charge in [0.25, 0.3) is 0 Å². The monoisotopic (exact) mass is 276 g/mol. The molecular formula is C16H24N2O2. The van der Waals surface area contributed by atoms with Gasteiger partial charge in [0.2, 0.25) is 5.91 Å². The Morgan fingerprint density at radius 1 is 1.30 bits per heavy atom. The van der Waals surface area contributed by atoms with E-state index in [9.17, 15) is 4.79 Å². The Morgan fingerprint density at radius 3 is 2.35 bits per heavy atom. The Bertz CT molecular complexity index is 458. The van der Waals surface area contributed by atoms with E-state index in [0.29, 0.717) is 5.92 Å². The summed E-state index contributed by atoms with van der Waals surface area (Å²) in [4.78, 5) is 12.1. The van der Waals surface area contributed by atoms with Gasteiger partial charge >= 0.3 is 0 Å². The van der Waals surface area contributed by atoms with Crippen LogP contribution in [0.2, 0.25) is 0 Å². The predicted molar refractivity (Wildman–Crippen MR) is 81.0 cm³/mol. The van der Waals surface area contributed by atoms with E-state index in [1.165, 1.54) is 0 Å². The fourth-order valence-electron chi connectivity index (χ4n) is 2.09. The molecule has 1 aliphatic rings. The molecule has 20 heavy (non-hydrogen) atoms. The summed E-state index contributed by atoms with van der Waals surface area (Å²) in [7, 11) is 0. The number of carbonyl (C=O) groups is 1. The quantitative estimate of drug-likeness (QED) is 0.889. The molecule has 0 bridgehead atoms. The Balaban J connectivity index is 1.91. The average molecular weight is 276 g/mol. The standard InChI is InChI=1S/C16H24N2O2/c1-11(12-9-17-10-12)15(19)18-13-5-7-14(8-6-13)20-16(2,3)4/h5-8,11-12,17H,9-10H2,1-4H3,(H,18,19). The number of hydrogen-bond acceptors (Lipinski definition) is 3. The molecule has 2 N–H and O–H groups in total. The van der Waals surface area contributed by atoms with Crippen molar-refractivity contribution < 1.29 is 9.53 Å². The highest BCUT2D eigenvalue weighted by atomic mass is 16.5. The second kappa shape index (κ2) is 5.83. The van der Waals surface area contributed by atoms with Crippen molar-refractivity contribution in [1.29, 1.82) is 0 Å². The molecule has 1 atom stereocenters. The number of amides is 1. The van der Waals surface area contributed by atoms with E-state index in [4.69, 9.17) is 4.74 Å². The van der Waals surface area contributed by atoms with Crippen LogP contribution < -0.4 is 15.4 Å². The van der Waals surface area contributed by atoms with Gasteiger partial charge in [0.1, 0.15) is 11.4 Å². The predicted octanol–water partition coefficient (Wildman–Crippen LogP) is 2.66. The largest absolute Gasteiger partial charge is 0.488 e. The third-order valence-corrected chi connectivity index (χ3v) is 3.48. The topological polar surface area (TPSA) is 50.4 Å². The summed E-state index contributed by atoms with van der Waals surface area (Å²) in [5, 5.41) is 6.15. The Labute approximate surface area is 120 Å². The van der Waals surface area contributed by atoms with Crippen molar-refractivity contribution >= 4 is 11.6 Å². The summed E-state index contributed by atoms with van der Waals surface area (Å²) >= 11 is 0. The zero-order valence-corrected chi connectivity index (χ0v) is 12.7.